The Morgan fingerprint density at radius 2 is 1.36 bits per heavy atom. The van der Waals surface area contributed by atoms with E-state index in [4.69, 9.17) is 0 Å². The summed E-state index contributed by atoms with van der Waals surface area (Å²) in [5.74, 6) is 1.08. The van der Waals surface area contributed by atoms with Gasteiger partial charge in [-0.3, -0.25) is 19.5 Å². The molecule has 0 aliphatic carbocycles. The molecule has 6 heteroatoms. The summed E-state index contributed by atoms with van der Waals surface area (Å²) in [7, 11) is 0. The first kappa shape index (κ1) is 31.6. The number of β-amino-alcohol motifs (C(OH)–C–C–N with tert-alkyl or cyclic N) is 1. The predicted molar refractivity (Wildman–Crippen MR) is 135 cm³/mol. The maximum atomic E-state index is 12.7. The van der Waals surface area contributed by atoms with E-state index in [9.17, 15) is 9.90 Å². The van der Waals surface area contributed by atoms with E-state index in [1.807, 2.05) is 6.92 Å². The number of Topliss-reactive ketones (excluding diaryl/α,β-unsaturated/α-hetero) is 1. The Balaban J connectivity index is 0.00000544. The summed E-state index contributed by atoms with van der Waals surface area (Å²) in [5, 5.41) is 9.22. The average Bonchev–Trinajstić information content (AvgIpc) is 2.73. The van der Waals surface area contributed by atoms with Crippen LogP contribution in [0.15, 0.2) is 0 Å². The van der Waals surface area contributed by atoms with Gasteiger partial charge in [-0.25, -0.2) is 0 Å². The second-order valence-electron chi connectivity index (χ2n) is 12.8. The third-order valence-corrected chi connectivity index (χ3v) is 9.47. The smallest absolute Gasteiger partial charge is 0.140 e. The molecule has 0 aromatic carbocycles. The van der Waals surface area contributed by atoms with Gasteiger partial charge in [0.25, 0.3) is 0 Å². The molecule has 0 aromatic heterocycles. The maximum Gasteiger partial charge on any atom is 0.140 e. The molecule has 1 radical (unpaired) electrons. The summed E-state index contributed by atoms with van der Waals surface area (Å²) in [6.07, 6.45) is 4.25. The normalized spacial score (nSPS) is 21.2. The Kier molecular flexibility index (Phi) is 11.7. The molecule has 33 heavy (non-hydrogen) atoms. The molecule has 2 aliphatic rings. The van der Waals surface area contributed by atoms with Crippen molar-refractivity contribution in [3.8, 4) is 0 Å². The van der Waals surface area contributed by atoms with Gasteiger partial charge >= 0.3 is 0 Å². The van der Waals surface area contributed by atoms with Crippen LogP contribution in [0.5, 0.6) is 0 Å². The summed E-state index contributed by atoms with van der Waals surface area (Å²) < 4.78 is 0. The van der Waals surface area contributed by atoms with Crippen molar-refractivity contribution in [1.82, 2.24) is 14.7 Å². The van der Waals surface area contributed by atoms with E-state index in [2.05, 4.69) is 70.1 Å². The van der Waals surface area contributed by atoms with E-state index in [1.165, 1.54) is 19.3 Å². The van der Waals surface area contributed by atoms with Crippen LogP contribution in [0.1, 0.15) is 88.0 Å². The van der Waals surface area contributed by atoms with E-state index in [0.29, 0.717) is 12.2 Å². The van der Waals surface area contributed by atoms with Gasteiger partial charge in [0.2, 0.25) is 0 Å². The number of carbonyl (C=O) groups excluding carboxylic acids is 1. The fourth-order valence-corrected chi connectivity index (χ4v) is 6.49. The third kappa shape index (κ3) is 7.32. The summed E-state index contributed by atoms with van der Waals surface area (Å²) >= 11 is 0. The van der Waals surface area contributed by atoms with Crippen LogP contribution >= 0.6 is 0 Å². The topological polar surface area (TPSA) is 47.0 Å². The van der Waals surface area contributed by atoms with Crippen molar-refractivity contribution in [1.29, 1.82) is 0 Å². The molecular formula is C27H53N3O2Y. The van der Waals surface area contributed by atoms with Crippen molar-refractivity contribution in [2.75, 3.05) is 52.4 Å². The Morgan fingerprint density at radius 3 is 1.82 bits per heavy atom. The van der Waals surface area contributed by atoms with Gasteiger partial charge < -0.3 is 5.11 Å². The molecular weight excluding hydrogens is 487 g/mol. The van der Waals surface area contributed by atoms with Crippen LogP contribution < -0.4 is 0 Å². The van der Waals surface area contributed by atoms with Crippen LogP contribution in [0.25, 0.3) is 0 Å². The standard InChI is InChI=1S/C27H53N3O2.Y/c1-10-23(32)26(6,7)27(8,9)30-13-11-22(12-14-30)24(2,3)21-25(4,5)29-17-15-28(16-18-29)19-20-31;/h22,31H,10-21H2,1-9H3;. The summed E-state index contributed by atoms with van der Waals surface area (Å²) in [6.45, 7) is 28.1. The van der Waals surface area contributed by atoms with Gasteiger partial charge in [0.15, 0.2) is 0 Å². The van der Waals surface area contributed by atoms with Crippen LogP contribution in [-0.4, -0.2) is 89.1 Å². The van der Waals surface area contributed by atoms with E-state index in [1.54, 1.807) is 0 Å². The van der Waals surface area contributed by atoms with Gasteiger partial charge in [-0.05, 0) is 71.4 Å². The number of carbonyl (C=O) groups is 1. The van der Waals surface area contributed by atoms with Gasteiger partial charge in [0, 0.05) is 88.3 Å². The van der Waals surface area contributed by atoms with E-state index < -0.39 is 0 Å². The van der Waals surface area contributed by atoms with E-state index in [0.717, 1.165) is 51.7 Å². The first-order valence-electron chi connectivity index (χ1n) is 13.1. The minimum Gasteiger partial charge on any atom is -0.395 e. The van der Waals surface area contributed by atoms with Crippen molar-refractivity contribution < 1.29 is 42.6 Å². The fraction of sp³-hybridized carbons (Fsp3) is 0.963. The quantitative estimate of drug-likeness (QED) is 0.448. The molecule has 0 atom stereocenters. The number of piperazine rings is 1. The third-order valence-electron chi connectivity index (χ3n) is 9.47. The number of rotatable bonds is 10. The molecule has 2 saturated heterocycles. The Hall–Kier alpha value is 0.614. The molecule has 2 aliphatic heterocycles. The van der Waals surface area contributed by atoms with Crippen molar-refractivity contribution in [3.63, 3.8) is 0 Å². The Labute approximate surface area is 230 Å². The van der Waals surface area contributed by atoms with Gasteiger partial charge in [0.1, 0.15) is 5.78 Å². The summed E-state index contributed by atoms with van der Waals surface area (Å²) in [6, 6.07) is 0. The van der Waals surface area contributed by atoms with E-state index in [-0.39, 0.29) is 61.2 Å². The summed E-state index contributed by atoms with van der Waals surface area (Å²) in [5.41, 5.74) is 0.0183. The number of hydrogen-bond donors (Lipinski definition) is 1. The second kappa shape index (κ2) is 12.2. The number of aliphatic hydroxyl groups is 1. The molecule has 0 amide bonds. The van der Waals surface area contributed by atoms with Crippen LogP contribution in [0.3, 0.4) is 0 Å². The first-order valence-corrected chi connectivity index (χ1v) is 13.1. The second-order valence-corrected chi connectivity index (χ2v) is 12.8. The number of piperidine rings is 1. The SMILES string of the molecule is CCC(=O)C(C)(C)C(C)(C)N1CCC(C(C)(C)CC(C)(C)N2CCN(CCO)CC2)CC1.[Y]. The zero-order valence-corrected chi connectivity index (χ0v) is 26.2. The molecule has 0 spiro atoms. The van der Waals surface area contributed by atoms with Crippen molar-refractivity contribution >= 4 is 5.78 Å². The Morgan fingerprint density at radius 1 is 0.848 bits per heavy atom. The first-order chi connectivity index (χ1) is 14.7. The van der Waals surface area contributed by atoms with Crippen LogP contribution in [0.4, 0.5) is 0 Å². The molecule has 191 valence electrons. The van der Waals surface area contributed by atoms with E-state index >= 15 is 0 Å². The molecule has 2 rings (SSSR count). The zero-order chi connectivity index (χ0) is 24.4. The predicted octanol–water partition coefficient (Wildman–Crippen LogP) is 4.28. The molecule has 5 nitrogen and oxygen atoms in total. The number of nitrogens with zero attached hydrogens (tertiary/aromatic N) is 3. The van der Waals surface area contributed by atoms with Gasteiger partial charge in [-0.1, -0.05) is 34.6 Å². The minimum atomic E-state index is -0.329. The Bertz CT molecular complexity index is 617. The molecule has 2 fully saturated rings. The molecule has 1 N–H and O–H groups in total. The largest absolute Gasteiger partial charge is 0.395 e. The van der Waals surface area contributed by atoms with Crippen molar-refractivity contribution in [3.05, 3.63) is 0 Å². The van der Waals surface area contributed by atoms with Crippen LogP contribution in [0, 0.1) is 16.7 Å². The van der Waals surface area contributed by atoms with Gasteiger partial charge in [-0.15, -0.1) is 0 Å². The molecule has 0 saturated carbocycles. The minimum absolute atomic E-state index is 0. The van der Waals surface area contributed by atoms with Crippen LogP contribution in [0.2, 0.25) is 0 Å². The number of aliphatic hydroxyl groups excluding tert-OH is 1. The van der Waals surface area contributed by atoms with Gasteiger partial charge in [0.05, 0.1) is 6.61 Å². The maximum absolute atomic E-state index is 12.7. The molecule has 0 aromatic rings. The molecule has 0 bridgehead atoms. The fourth-order valence-electron chi connectivity index (χ4n) is 6.49. The molecule has 2 heterocycles. The monoisotopic (exact) mass is 540 g/mol. The van der Waals surface area contributed by atoms with Crippen molar-refractivity contribution in [2.24, 2.45) is 16.7 Å². The zero-order valence-electron chi connectivity index (χ0n) is 23.3. The van der Waals surface area contributed by atoms with Crippen molar-refractivity contribution in [2.45, 2.75) is 99.1 Å². The summed E-state index contributed by atoms with van der Waals surface area (Å²) in [4.78, 5) is 20.3. The van der Waals surface area contributed by atoms with Gasteiger partial charge in [-0.2, -0.15) is 0 Å². The molecule has 0 unspecified atom stereocenters. The van der Waals surface area contributed by atoms with Crippen LogP contribution in [-0.2, 0) is 37.5 Å². The number of likely N-dealkylation sites (tertiary alicyclic amines) is 1. The number of ketones is 1. The average molecular weight is 541 g/mol. The number of hydrogen-bond acceptors (Lipinski definition) is 5.